The van der Waals surface area contributed by atoms with Crippen LogP contribution in [-0.4, -0.2) is 29.0 Å². The van der Waals surface area contributed by atoms with E-state index in [0.29, 0.717) is 5.82 Å². The Morgan fingerprint density at radius 2 is 2.17 bits per heavy atom. The van der Waals surface area contributed by atoms with E-state index >= 15 is 0 Å². The average molecular weight is 248 g/mol. The van der Waals surface area contributed by atoms with E-state index in [4.69, 9.17) is 0 Å². The van der Waals surface area contributed by atoms with Gasteiger partial charge in [-0.05, 0) is 39.3 Å². The third kappa shape index (κ3) is 3.04. The highest BCUT2D eigenvalue weighted by atomic mass is 16.2. The molecule has 1 fully saturated rings. The molecule has 0 aromatic carbocycles. The van der Waals surface area contributed by atoms with Crippen LogP contribution in [0.15, 0.2) is 18.5 Å². The minimum atomic E-state index is -0.532. The first-order valence-corrected chi connectivity index (χ1v) is 6.40. The molecule has 0 radical (unpaired) electrons. The predicted molar refractivity (Wildman–Crippen MR) is 68.8 cm³/mol. The van der Waals surface area contributed by atoms with E-state index in [1.54, 1.807) is 18.5 Å². The Morgan fingerprint density at radius 1 is 1.44 bits per heavy atom. The van der Waals surface area contributed by atoms with Crippen LogP contribution >= 0.6 is 0 Å². The molecule has 1 aromatic rings. The number of carbonyl (C=O) groups is 1. The van der Waals surface area contributed by atoms with Crippen molar-refractivity contribution in [3.63, 3.8) is 0 Å². The Hall–Kier alpha value is -1.49. The molecule has 0 aliphatic carbocycles. The molecular weight excluding hydrogens is 228 g/mol. The summed E-state index contributed by atoms with van der Waals surface area (Å²) in [5.74, 6) is 0.781. The molecular formula is C13H20N4O. The van der Waals surface area contributed by atoms with Gasteiger partial charge < -0.3 is 10.6 Å². The molecule has 18 heavy (non-hydrogen) atoms. The van der Waals surface area contributed by atoms with Gasteiger partial charge in [0.1, 0.15) is 0 Å². The second-order valence-corrected chi connectivity index (χ2v) is 5.23. The molecule has 1 saturated heterocycles. The van der Waals surface area contributed by atoms with Crippen LogP contribution in [0.4, 0.5) is 0 Å². The molecule has 1 atom stereocenters. The summed E-state index contributed by atoms with van der Waals surface area (Å²) in [6, 6.07) is 1.77. The molecule has 5 heteroatoms. The van der Waals surface area contributed by atoms with Gasteiger partial charge in [-0.2, -0.15) is 0 Å². The van der Waals surface area contributed by atoms with Gasteiger partial charge in [0.15, 0.2) is 5.82 Å². The van der Waals surface area contributed by atoms with Crippen molar-refractivity contribution in [2.45, 2.75) is 32.2 Å². The van der Waals surface area contributed by atoms with Gasteiger partial charge in [-0.3, -0.25) is 4.79 Å². The van der Waals surface area contributed by atoms with Gasteiger partial charge in [0.05, 0.1) is 11.5 Å². The second-order valence-electron chi connectivity index (χ2n) is 5.23. The van der Waals surface area contributed by atoms with E-state index in [2.05, 4.69) is 20.6 Å². The van der Waals surface area contributed by atoms with Crippen molar-refractivity contribution in [2.75, 3.05) is 13.1 Å². The zero-order chi connectivity index (χ0) is 13.0. The predicted octanol–water partition coefficient (Wildman–Crippen LogP) is 0.827. The summed E-state index contributed by atoms with van der Waals surface area (Å²) >= 11 is 0. The Labute approximate surface area is 107 Å². The molecule has 1 aliphatic heterocycles. The number of amides is 1. The number of piperidine rings is 1. The fraction of sp³-hybridized carbons (Fsp3) is 0.615. The van der Waals surface area contributed by atoms with E-state index < -0.39 is 5.54 Å². The zero-order valence-electron chi connectivity index (χ0n) is 10.9. The topological polar surface area (TPSA) is 66.9 Å². The summed E-state index contributed by atoms with van der Waals surface area (Å²) in [4.78, 5) is 20.6. The first kappa shape index (κ1) is 13.0. The highest BCUT2D eigenvalue weighted by molar-refractivity contribution is 5.79. The van der Waals surface area contributed by atoms with Gasteiger partial charge >= 0.3 is 0 Å². The van der Waals surface area contributed by atoms with E-state index in [-0.39, 0.29) is 11.8 Å². The third-order valence-corrected chi connectivity index (χ3v) is 3.23. The lowest BCUT2D eigenvalue weighted by atomic mass is 9.96. The quantitative estimate of drug-likeness (QED) is 0.831. The summed E-state index contributed by atoms with van der Waals surface area (Å²) < 4.78 is 0. The minimum absolute atomic E-state index is 0.0572. The van der Waals surface area contributed by atoms with E-state index in [1.807, 2.05) is 13.8 Å². The fourth-order valence-corrected chi connectivity index (χ4v) is 2.16. The van der Waals surface area contributed by atoms with Gasteiger partial charge in [-0.15, -0.1) is 0 Å². The van der Waals surface area contributed by atoms with Crippen LogP contribution < -0.4 is 10.6 Å². The molecule has 1 aromatic heterocycles. The van der Waals surface area contributed by atoms with Crippen molar-refractivity contribution in [1.29, 1.82) is 0 Å². The Morgan fingerprint density at radius 3 is 2.78 bits per heavy atom. The first-order chi connectivity index (χ1) is 8.59. The molecule has 1 unspecified atom stereocenters. The monoisotopic (exact) mass is 248 g/mol. The maximum Gasteiger partial charge on any atom is 0.225 e. The molecule has 2 heterocycles. The second kappa shape index (κ2) is 5.44. The number of hydrogen-bond donors (Lipinski definition) is 2. The summed E-state index contributed by atoms with van der Waals surface area (Å²) in [5.41, 5.74) is -0.532. The standard InChI is InChI=1S/C13H20N4O/c1-13(2,12-15-7-4-8-16-12)17-11(18)10-5-3-6-14-9-10/h4,7-8,10,14H,3,5-6,9H2,1-2H3,(H,17,18). The van der Waals surface area contributed by atoms with E-state index in [0.717, 1.165) is 25.9 Å². The van der Waals surface area contributed by atoms with Crippen LogP contribution in [-0.2, 0) is 10.3 Å². The van der Waals surface area contributed by atoms with Crippen molar-refractivity contribution in [2.24, 2.45) is 5.92 Å². The highest BCUT2D eigenvalue weighted by Crippen LogP contribution is 2.17. The average Bonchev–Trinajstić information content (AvgIpc) is 2.40. The molecule has 2 rings (SSSR count). The van der Waals surface area contributed by atoms with Crippen molar-refractivity contribution in [3.05, 3.63) is 24.3 Å². The number of hydrogen-bond acceptors (Lipinski definition) is 4. The minimum Gasteiger partial charge on any atom is -0.344 e. The van der Waals surface area contributed by atoms with Crippen molar-refractivity contribution in [3.8, 4) is 0 Å². The van der Waals surface area contributed by atoms with Crippen molar-refractivity contribution in [1.82, 2.24) is 20.6 Å². The molecule has 0 saturated carbocycles. The van der Waals surface area contributed by atoms with Crippen LogP contribution in [0.25, 0.3) is 0 Å². The van der Waals surface area contributed by atoms with Crippen LogP contribution in [0.3, 0.4) is 0 Å². The molecule has 1 aliphatic rings. The summed E-state index contributed by atoms with van der Waals surface area (Å²) in [5, 5.41) is 6.29. The molecule has 0 spiro atoms. The SMILES string of the molecule is CC(C)(NC(=O)C1CCCNC1)c1ncccn1. The third-order valence-electron chi connectivity index (χ3n) is 3.23. The maximum absolute atomic E-state index is 12.2. The fourth-order valence-electron chi connectivity index (χ4n) is 2.16. The molecule has 2 N–H and O–H groups in total. The van der Waals surface area contributed by atoms with Gasteiger partial charge in [0, 0.05) is 18.9 Å². The Kier molecular flexibility index (Phi) is 3.91. The van der Waals surface area contributed by atoms with Crippen molar-refractivity contribution < 1.29 is 4.79 Å². The van der Waals surface area contributed by atoms with Crippen LogP contribution in [0.1, 0.15) is 32.5 Å². The summed E-state index contributed by atoms with van der Waals surface area (Å²) in [6.45, 7) is 5.62. The highest BCUT2D eigenvalue weighted by Gasteiger charge is 2.29. The largest absolute Gasteiger partial charge is 0.344 e. The van der Waals surface area contributed by atoms with Crippen molar-refractivity contribution >= 4 is 5.91 Å². The zero-order valence-corrected chi connectivity index (χ0v) is 10.9. The normalized spacial score (nSPS) is 20.4. The first-order valence-electron chi connectivity index (χ1n) is 6.40. The lowest BCUT2D eigenvalue weighted by Gasteiger charge is -2.29. The number of nitrogens with one attached hydrogen (secondary N) is 2. The number of aromatic nitrogens is 2. The number of rotatable bonds is 3. The maximum atomic E-state index is 12.2. The number of carbonyl (C=O) groups excluding carboxylic acids is 1. The van der Waals surface area contributed by atoms with Crippen LogP contribution in [0.5, 0.6) is 0 Å². The molecule has 1 amide bonds. The van der Waals surface area contributed by atoms with Gasteiger partial charge in [-0.25, -0.2) is 9.97 Å². The van der Waals surface area contributed by atoms with Gasteiger partial charge in [0.2, 0.25) is 5.91 Å². The Balaban J connectivity index is 2.01. The molecule has 0 bridgehead atoms. The number of nitrogens with zero attached hydrogens (tertiary/aromatic N) is 2. The van der Waals surface area contributed by atoms with E-state index in [9.17, 15) is 4.79 Å². The summed E-state index contributed by atoms with van der Waals surface area (Å²) in [6.07, 6.45) is 5.39. The van der Waals surface area contributed by atoms with Gasteiger partial charge in [-0.1, -0.05) is 0 Å². The smallest absolute Gasteiger partial charge is 0.225 e. The Bertz CT molecular complexity index is 399. The molecule has 5 nitrogen and oxygen atoms in total. The lowest BCUT2D eigenvalue weighted by Crippen LogP contribution is -2.48. The summed E-state index contributed by atoms with van der Waals surface area (Å²) in [7, 11) is 0. The lowest BCUT2D eigenvalue weighted by molar-refractivity contribution is -0.127. The van der Waals surface area contributed by atoms with Crippen LogP contribution in [0, 0.1) is 5.92 Å². The van der Waals surface area contributed by atoms with E-state index in [1.165, 1.54) is 0 Å². The molecule has 98 valence electrons. The van der Waals surface area contributed by atoms with Gasteiger partial charge in [0.25, 0.3) is 0 Å². The van der Waals surface area contributed by atoms with Crippen LogP contribution in [0.2, 0.25) is 0 Å².